The van der Waals surface area contributed by atoms with Crippen molar-refractivity contribution in [2.75, 3.05) is 10.6 Å². The highest BCUT2D eigenvalue weighted by Crippen LogP contribution is 2.46. The van der Waals surface area contributed by atoms with E-state index in [1.54, 1.807) is 33.8 Å². The Morgan fingerprint density at radius 1 is 1.21 bits per heavy atom. The third-order valence-corrected chi connectivity index (χ3v) is 6.32. The van der Waals surface area contributed by atoms with Gasteiger partial charge in [0, 0.05) is 12.0 Å². The molecule has 0 radical (unpaired) electrons. The summed E-state index contributed by atoms with van der Waals surface area (Å²) in [6, 6.07) is 3.04. The van der Waals surface area contributed by atoms with Gasteiger partial charge in [0.2, 0.25) is 0 Å². The lowest BCUT2D eigenvalue weighted by Crippen LogP contribution is -2.54. The molecule has 2 unspecified atom stereocenters. The van der Waals surface area contributed by atoms with Crippen LogP contribution in [0.1, 0.15) is 69.4 Å². The van der Waals surface area contributed by atoms with Crippen LogP contribution in [0, 0.1) is 12.8 Å². The predicted molar refractivity (Wildman–Crippen MR) is 124 cm³/mol. The molecule has 11 heteroatoms. The maximum absolute atomic E-state index is 13.6. The predicted octanol–water partition coefficient (Wildman–Crippen LogP) is 3.75. The SMILES string of the molecule is Cc1cc(Nc2cc(NC(=O)OC(C)(C)C)ncn2)c(=O)n2c1C(=O)N(O)C21CCCCC1C. The minimum absolute atomic E-state index is 0.104. The van der Waals surface area contributed by atoms with Crippen LogP contribution >= 0.6 is 0 Å². The van der Waals surface area contributed by atoms with Gasteiger partial charge in [-0.05, 0) is 58.6 Å². The second-order valence-electron chi connectivity index (χ2n) is 9.91. The van der Waals surface area contributed by atoms with Crippen molar-refractivity contribution in [1.29, 1.82) is 0 Å². The average molecular weight is 471 g/mol. The molecule has 1 saturated carbocycles. The van der Waals surface area contributed by atoms with Crippen molar-refractivity contribution in [2.45, 2.75) is 71.6 Å². The second kappa shape index (κ2) is 8.39. The molecule has 3 heterocycles. The van der Waals surface area contributed by atoms with E-state index in [1.165, 1.54) is 17.0 Å². The van der Waals surface area contributed by atoms with Gasteiger partial charge in [-0.15, -0.1) is 0 Å². The van der Waals surface area contributed by atoms with Gasteiger partial charge in [-0.25, -0.2) is 14.8 Å². The molecular formula is C23H30N6O5. The molecule has 182 valence electrons. The number of amides is 2. The molecule has 2 aromatic heterocycles. The van der Waals surface area contributed by atoms with Crippen LogP contribution in [0.15, 0.2) is 23.3 Å². The number of nitrogens with zero attached hydrogens (tertiary/aromatic N) is 4. The fourth-order valence-corrected chi connectivity index (χ4v) is 4.84. The summed E-state index contributed by atoms with van der Waals surface area (Å²) < 4.78 is 6.68. The fourth-order valence-electron chi connectivity index (χ4n) is 4.84. The molecular weight excluding hydrogens is 440 g/mol. The Bertz CT molecular complexity index is 1200. The molecule has 2 amide bonds. The quantitative estimate of drug-likeness (QED) is 0.577. The summed E-state index contributed by atoms with van der Waals surface area (Å²) in [7, 11) is 0. The highest BCUT2D eigenvalue weighted by atomic mass is 16.6. The summed E-state index contributed by atoms with van der Waals surface area (Å²) in [6.07, 6.45) is 3.63. The fraction of sp³-hybridized carbons (Fsp3) is 0.522. The van der Waals surface area contributed by atoms with E-state index in [-0.39, 0.29) is 28.9 Å². The number of hydrogen-bond acceptors (Lipinski definition) is 8. The molecule has 1 aliphatic heterocycles. The molecule has 4 rings (SSSR count). The maximum Gasteiger partial charge on any atom is 0.413 e. The van der Waals surface area contributed by atoms with Crippen LogP contribution in [-0.2, 0) is 10.4 Å². The van der Waals surface area contributed by atoms with Gasteiger partial charge in [0.1, 0.15) is 34.9 Å². The highest BCUT2D eigenvalue weighted by Gasteiger charge is 2.55. The zero-order valence-corrected chi connectivity index (χ0v) is 20.0. The van der Waals surface area contributed by atoms with Crippen LogP contribution in [0.2, 0.25) is 0 Å². The number of carbonyl (C=O) groups is 2. The number of nitrogens with one attached hydrogen (secondary N) is 2. The van der Waals surface area contributed by atoms with E-state index in [4.69, 9.17) is 4.74 Å². The first-order valence-electron chi connectivity index (χ1n) is 11.3. The Balaban J connectivity index is 1.69. The third-order valence-electron chi connectivity index (χ3n) is 6.32. The second-order valence-corrected chi connectivity index (χ2v) is 9.91. The van der Waals surface area contributed by atoms with Crippen molar-refractivity contribution in [3.8, 4) is 0 Å². The van der Waals surface area contributed by atoms with Crippen molar-refractivity contribution in [3.63, 3.8) is 0 Å². The number of ether oxygens (including phenoxy) is 1. The topological polar surface area (TPSA) is 139 Å². The lowest BCUT2D eigenvalue weighted by molar-refractivity contribution is -0.188. The number of rotatable bonds is 3. The van der Waals surface area contributed by atoms with Crippen LogP contribution in [-0.4, -0.2) is 42.4 Å². The molecule has 0 saturated heterocycles. The number of pyridine rings is 1. The van der Waals surface area contributed by atoms with Crippen molar-refractivity contribution in [3.05, 3.63) is 40.1 Å². The summed E-state index contributed by atoms with van der Waals surface area (Å²) >= 11 is 0. The lowest BCUT2D eigenvalue weighted by Gasteiger charge is -2.43. The Labute approximate surface area is 197 Å². The summed E-state index contributed by atoms with van der Waals surface area (Å²) in [5.41, 5.74) is -1.26. The standard InChI is InChI=1S/C23H30N6O5/c1-13-10-15(26-16-11-17(25-12-24-16)27-21(32)34-22(3,4)5)19(30)28-18(13)20(31)29(33)23(28)9-7-6-8-14(23)2/h10-12,14,33H,6-9H2,1-5H3,(H2,24,25,26,27,32). The van der Waals surface area contributed by atoms with E-state index in [0.717, 1.165) is 24.3 Å². The van der Waals surface area contributed by atoms with Crippen molar-refractivity contribution in [1.82, 2.24) is 19.6 Å². The zero-order valence-electron chi connectivity index (χ0n) is 20.0. The molecule has 3 N–H and O–H groups in total. The minimum Gasteiger partial charge on any atom is -0.444 e. The average Bonchev–Trinajstić information content (AvgIpc) is 2.96. The first-order chi connectivity index (χ1) is 15.9. The molecule has 34 heavy (non-hydrogen) atoms. The summed E-state index contributed by atoms with van der Waals surface area (Å²) in [5.74, 6) is -0.207. The summed E-state index contributed by atoms with van der Waals surface area (Å²) in [6.45, 7) is 8.93. The molecule has 0 bridgehead atoms. The van der Waals surface area contributed by atoms with E-state index >= 15 is 0 Å². The largest absolute Gasteiger partial charge is 0.444 e. The van der Waals surface area contributed by atoms with Crippen LogP contribution in [0.5, 0.6) is 0 Å². The van der Waals surface area contributed by atoms with E-state index < -0.39 is 28.8 Å². The molecule has 11 nitrogen and oxygen atoms in total. The highest BCUT2D eigenvalue weighted by molar-refractivity contribution is 5.96. The summed E-state index contributed by atoms with van der Waals surface area (Å²) in [5, 5.41) is 17.1. The monoisotopic (exact) mass is 470 g/mol. The molecule has 1 fully saturated rings. The molecule has 2 aliphatic rings. The Morgan fingerprint density at radius 2 is 1.91 bits per heavy atom. The number of carbonyl (C=O) groups excluding carboxylic acids is 2. The minimum atomic E-state index is -1.11. The van der Waals surface area contributed by atoms with Gasteiger partial charge in [-0.1, -0.05) is 13.3 Å². The third kappa shape index (κ3) is 4.00. The first-order valence-corrected chi connectivity index (χ1v) is 11.3. The smallest absolute Gasteiger partial charge is 0.413 e. The van der Waals surface area contributed by atoms with Crippen molar-refractivity contribution in [2.24, 2.45) is 5.92 Å². The Hall–Kier alpha value is -3.47. The van der Waals surface area contributed by atoms with Crippen molar-refractivity contribution >= 4 is 29.3 Å². The van der Waals surface area contributed by atoms with Gasteiger partial charge in [0.25, 0.3) is 11.5 Å². The number of hydroxylamine groups is 2. The zero-order chi connectivity index (χ0) is 24.8. The van der Waals surface area contributed by atoms with E-state index in [2.05, 4.69) is 20.6 Å². The Morgan fingerprint density at radius 3 is 2.59 bits per heavy atom. The van der Waals surface area contributed by atoms with Gasteiger partial charge in [-0.2, -0.15) is 5.06 Å². The van der Waals surface area contributed by atoms with Crippen LogP contribution in [0.3, 0.4) is 0 Å². The lowest BCUT2D eigenvalue weighted by atomic mass is 9.79. The van der Waals surface area contributed by atoms with E-state index in [9.17, 15) is 19.6 Å². The van der Waals surface area contributed by atoms with Crippen LogP contribution in [0.4, 0.5) is 22.1 Å². The molecule has 1 spiro atoms. The normalized spacial score (nSPS) is 22.0. The van der Waals surface area contributed by atoms with Gasteiger partial charge in [0.15, 0.2) is 5.66 Å². The number of aromatic nitrogens is 3. The molecule has 1 aliphatic carbocycles. The number of anilines is 3. The number of fused-ring (bicyclic) bond motifs is 2. The molecule has 2 atom stereocenters. The van der Waals surface area contributed by atoms with Gasteiger partial charge >= 0.3 is 6.09 Å². The first kappa shape index (κ1) is 23.7. The molecule has 2 aromatic rings. The van der Waals surface area contributed by atoms with Gasteiger partial charge in [-0.3, -0.25) is 24.7 Å². The Kier molecular flexibility index (Phi) is 5.84. The van der Waals surface area contributed by atoms with E-state index in [1.807, 2.05) is 6.92 Å². The van der Waals surface area contributed by atoms with Gasteiger partial charge in [0.05, 0.1) is 0 Å². The number of hydrogen-bond donors (Lipinski definition) is 3. The number of aryl methyl sites for hydroxylation is 1. The van der Waals surface area contributed by atoms with Crippen molar-refractivity contribution < 1.29 is 19.5 Å². The van der Waals surface area contributed by atoms with Crippen LogP contribution in [0.25, 0.3) is 0 Å². The summed E-state index contributed by atoms with van der Waals surface area (Å²) in [4.78, 5) is 46.8. The maximum atomic E-state index is 13.6. The van der Waals surface area contributed by atoms with Crippen LogP contribution < -0.4 is 16.2 Å². The molecule has 0 aromatic carbocycles. The van der Waals surface area contributed by atoms with E-state index in [0.29, 0.717) is 12.0 Å². The van der Waals surface area contributed by atoms with Gasteiger partial charge < -0.3 is 10.1 Å².